The molecule has 0 fully saturated rings. The van der Waals surface area contributed by atoms with Crippen LogP contribution in [0.2, 0.25) is 0 Å². The van der Waals surface area contributed by atoms with Crippen molar-refractivity contribution in [2.75, 3.05) is 0 Å². The van der Waals surface area contributed by atoms with Crippen LogP contribution in [0.3, 0.4) is 0 Å². The molecule has 3 radical (unpaired) electrons. The fraction of sp³-hybridized carbons (Fsp3) is 0. The van der Waals surface area contributed by atoms with E-state index < -0.39 is 0 Å². The summed E-state index contributed by atoms with van der Waals surface area (Å²) in [5.74, 6) is 4.41. The Hall–Kier alpha value is -0.663. The third-order valence-electron chi connectivity index (χ3n) is 0.135. The van der Waals surface area contributed by atoms with Crippen LogP contribution in [0.5, 0.6) is 0 Å². The average Bonchev–Trinajstić information content (AvgIpc) is 1.41. The fourth-order valence-corrected chi connectivity index (χ4v) is 0.108. The first-order chi connectivity index (χ1) is 2.41. The first kappa shape index (κ1) is 4.34. The van der Waals surface area contributed by atoms with E-state index in [0.717, 1.165) is 0 Å². The van der Waals surface area contributed by atoms with E-state index in [4.69, 9.17) is 0 Å². The van der Waals surface area contributed by atoms with Gasteiger partial charge in [0.1, 0.15) is 10.2 Å². The predicted octanol–water partition coefficient (Wildman–Crippen LogP) is -0.251. The molecule has 0 spiro atoms. The van der Waals surface area contributed by atoms with Gasteiger partial charge in [-0.3, -0.25) is 0 Å². The SMILES string of the molecule is C#CC#C[Si]. The molecular formula is C4HSi. The van der Waals surface area contributed by atoms with Crippen molar-refractivity contribution >= 4 is 10.2 Å². The molecule has 0 unspecified atom stereocenters. The van der Waals surface area contributed by atoms with Crippen molar-refractivity contribution in [3.63, 3.8) is 0 Å². The maximum Gasteiger partial charge on any atom is 0.148 e. The second kappa shape index (κ2) is 3.34. The van der Waals surface area contributed by atoms with Crippen molar-refractivity contribution in [2.45, 2.75) is 0 Å². The van der Waals surface area contributed by atoms with Crippen molar-refractivity contribution in [1.29, 1.82) is 0 Å². The molecule has 0 rings (SSSR count). The molecule has 0 nitrogen and oxygen atoms in total. The first-order valence-electron chi connectivity index (χ1n) is 1.04. The van der Waals surface area contributed by atoms with E-state index in [0.29, 0.717) is 0 Å². The molecule has 0 aliphatic heterocycles. The summed E-state index contributed by atoms with van der Waals surface area (Å²) in [6.07, 6.45) is 4.68. The van der Waals surface area contributed by atoms with Gasteiger partial charge in [-0.25, -0.2) is 0 Å². The Balaban J connectivity index is 3.30. The maximum atomic E-state index is 4.68. The van der Waals surface area contributed by atoms with E-state index in [1.54, 1.807) is 0 Å². The molecule has 0 aromatic carbocycles. The van der Waals surface area contributed by atoms with E-state index in [1.165, 1.54) is 0 Å². The second-order valence-electron chi connectivity index (χ2n) is 0.394. The van der Waals surface area contributed by atoms with Crippen LogP contribution in [0.1, 0.15) is 0 Å². The molecule has 0 heterocycles. The van der Waals surface area contributed by atoms with Gasteiger partial charge in [0, 0.05) is 0 Å². The summed E-state index contributed by atoms with van der Waals surface area (Å²) in [5, 5.41) is 0. The molecule has 5 heavy (non-hydrogen) atoms. The highest BCUT2D eigenvalue weighted by Crippen LogP contribution is 1.35. The van der Waals surface area contributed by atoms with Gasteiger partial charge in [0.05, 0.1) is 0 Å². The molecular weight excluding hydrogens is 76.1 g/mol. The quantitative estimate of drug-likeness (QED) is 0.276. The summed E-state index contributed by atoms with van der Waals surface area (Å²) in [6, 6.07) is 0. The molecule has 0 aromatic rings. The summed E-state index contributed by atoms with van der Waals surface area (Å²) in [4.78, 5) is 0. The van der Waals surface area contributed by atoms with Crippen LogP contribution >= 0.6 is 0 Å². The smallest absolute Gasteiger partial charge is 0.124 e. The number of terminal acetylenes is 1. The topological polar surface area (TPSA) is 0 Å². The van der Waals surface area contributed by atoms with Gasteiger partial charge in [-0.1, -0.05) is 0 Å². The molecule has 0 atom stereocenters. The normalized spacial score (nSPS) is 3.20. The van der Waals surface area contributed by atoms with Crippen molar-refractivity contribution < 1.29 is 0 Å². The standard InChI is InChI=1S/C4HSi/c1-2-3-4-5/h1H. The largest absolute Gasteiger partial charge is 0.148 e. The predicted molar refractivity (Wildman–Crippen MR) is 22.4 cm³/mol. The average molecular weight is 77.1 g/mol. The maximum absolute atomic E-state index is 4.68. The Morgan fingerprint density at radius 2 is 2.20 bits per heavy atom. The molecule has 1 heteroatoms. The van der Waals surface area contributed by atoms with Crippen molar-refractivity contribution in [3.8, 4) is 23.8 Å². The van der Waals surface area contributed by atoms with Gasteiger partial charge in [0.25, 0.3) is 0 Å². The highest BCUT2D eigenvalue weighted by atomic mass is 28.1. The molecule has 0 N–H and O–H groups in total. The second-order valence-corrected chi connectivity index (χ2v) is 0.644. The van der Waals surface area contributed by atoms with Gasteiger partial charge in [-0.15, -0.1) is 12.0 Å². The van der Waals surface area contributed by atoms with Crippen LogP contribution in [-0.4, -0.2) is 10.2 Å². The van der Waals surface area contributed by atoms with Gasteiger partial charge in [-0.2, -0.15) is 0 Å². The molecule has 0 saturated carbocycles. The third-order valence-corrected chi connectivity index (χ3v) is 0.260. The van der Waals surface area contributed by atoms with Crippen LogP contribution in [-0.2, 0) is 0 Å². The third kappa shape index (κ3) is 3.34. The summed E-state index contributed by atoms with van der Waals surface area (Å²) in [7, 11) is 2.85. The van der Waals surface area contributed by atoms with Crippen LogP contribution < -0.4 is 0 Å². The van der Waals surface area contributed by atoms with Crippen LogP contribution in [0.15, 0.2) is 0 Å². The molecule has 21 valence electrons. The Bertz CT molecular complexity index is 97.0. The minimum absolute atomic E-state index is 2.11. The highest BCUT2D eigenvalue weighted by molar-refractivity contribution is 6.22. The van der Waals surface area contributed by atoms with Crippen LogP contribution in [0.25, 0.3) is 0 Å². The number of hydrogen-bond donors (Lipinski definition) is 0. The van der Waals surface area contributed by atoms with Gasteiger partial charge >= 0.3 is 0 Å². The zero-order chi connectivity index (χ0) is 4.12. The van der Waals surface area contributed by atoms with E-state index >= 15 is 0 Å². The van der Waals surface area contributed by atoms with E-state index in [2.05, 4.69) is 34.1 Å². The summed E-state index contributed by atoms with van der Waals surface area (Å²) in [5.41, 5.74) is 2.34. The van der Waals surface area contributed by atoms with E-state index in [1.807, 2.05) is 0 Å². The minimum atomic E-state index is 2.11. The monoisotopic (exact) mass is 77.0 g/mol. The fourth-order valence-electron chi connectivity index (χ4n) is 0.0361. The lowest BCUT2D eigenvalue weighted by atomic mass is 10.7. The van der Waals surface area contributed by atoms with Crippen molar-refractivity contribution in [1.82, 2.24) is 0 Å². The number of hydrogen-bond acceptors (Lipinski definition) is 0. The van der Waals surface area contributed by atoms with Crippen LogP contribution in [0.4, 0.5) is 0 Å². The zero-order valence-corrected chi connectivity index (χ0v) is 3.58. The van der Waals surface area contributed by atoms with E-state index in [9.17, 15) is 0 Å². The lowest BCUT2D eigenvalue weighted by Crippen LogP contribution is -1.45. The Morgan fingerprint density at radius 1 is 1.60 bits per heavy atom. The molecule has 0 saturated heterocycles. The van der Waals surface area contributed by atoms with Crippen LogP contribution in [0, 0.1) is 23.8 Å². The Kier molecular flexibility index (Phi) is 2.89. The molecule has 0 amide bonds. The molecule has 0 aromatic heterocycles. The number of rotatable bonds is 0. The van der Waals surface area contributed by atoms with Crippen molar-refractivity contribution in [3.05, 3.63) is 0 Å². The summed E-state index contributed by atoms with van der Waals surface area (Å²) >= 11 is 0. The minimum Gasteiger partial charge on any atom is -0.124 e. The van der Waals surface area contributed by atoms with Gasteiger partial charge in [0.2, 0.25) is 0 Å². The van der Waals surface area contributed by atoms with Gasteiger partial charge in [-0.05, 0) is 11.8 Å². The van der Waals surface area contributed by atoms with Gasteiger partial charge in [0.15, 0.2) is 0 Å². The first-order valence-corrected chi connectivity index (χ1v) is 1.54. The summed E-state index contributed by atoms with van der Waals surface area (Å²) < 4.78 is 0. The Morgan fingerprint density at radius 3 is 2.20 bits per heavy atom. The lowest BCUT2D eigenvalue weighted by Gasteiger charge is -1.41. The summed E-state index contributed by atoms with van der Waals surface area (Å²) in [6.45, 7) is 0. The van der Waals surface area contributed by atoms with Gasteiger partial charge < -0.3 is 0 Å². The molecule has 0 aliphatic rings. The Labute approximate surface area is 35.0 Å². The van der Waals surface area contributed by atoms with E-state index in [-0.39, 0.29) is 0 Å². The molecule has 0 aliphatic carbocycles. The zero-order valence-electron chi connectivity index (χ0n) is 2.58. The van der Waals surface area contributed by atoms with Crippen molar-refractivity contribution in [2.24, 2.45) is 0 Å². The molecule has 0 bridgehead atoms. The lowest BCUT2D eigenvalue weighted by molar-refractivity contribution is 2.59. The highest BCUT2D eigenvalue weighted by Gasteiger charge is 1.36.